The van der Waals surface area contributed by atoms with Crippen LogP contribution in [0.3, 0.4) is 0 Å². The number of nitrogens with zero attached hydrogens (tertiary/aromatic N) is 2. The fourth-order valence-electron chi connectivity index (χ4n) is 1.76. The van der Waals surface area contributed by atoms with Gasteiger partial charge in [-0.3, -0.25) is 19.2 Å². The highest BCUT2D eigenvalue weighted by Gasteiger charge is 2.23. The Morgan fingerprint density at radius 3 is 2.43 bits per heavy atom. The zero-order valence-corrected chi connectivity index (χ0v) is 14.3. The van der Waals surface area contributed by atoms with Gasteiger partial charge in [0.05, 0.1) is 16.9 Å². The minimum atomic E-state index is -3.76. The Balaban J connectivity index is 3.05. The quantitative estimate of drug-likeness (QED) is 0.596. The number of nitro groups is 1. The number of nitro benzene ring substituents is 1. The summed E-state index contributed by atoms with van der Waals surface area (Å²) in [5.41, 5.74) is -0.166. The Kier molecular flexibility index (Phi) is 6.08. The van der Waals surface area contributed by atoms with Gasteiger partial charge in [0.2, 0.25) is 15.9 Å². The molecule has 0 bridgehead atoms. The number of amides is 1. The van der Waals surface area contributed by atoms with E-state index >= 15 is 0 Å². The molecule has 1 rings (SSSR count). The van der Waals surface area contributed by atoms with Crippen LogP contribution in [0.1, 0.15) is 20.8 Å². The van der Waals surface area contributed by atoms with Gasteiger partial charge in [-0.1, -0.05) is 19.9 Å². The molecular formula is C14H21N3O5S. The molecule has 1 N–H and O–H groups in total. The number of hydrogen-bond donors (Lipinski definition) is 1. The van der Waals surface area contributed by atoms with Gasteiger partial charge >= 0.3 is 0 Å². The summed E-state index contributed by atoms with van der Waals surface area (Å²) in [6.45, 7) is 5.25. The van der Waals surface area contributed by atoms with Crippen molar-refractivity contribution in [3.63, 3.8) is 0 Å². The summed E-state index contributed by atoms with van der Waals surface area (Å²) < 4.78 is 24.7. The van der Waals surface area contributed by atoms with Crippen LogP contribution in [0.2, 0.25) is 0 Å². The van der Waals surface area contributed by atoms with Crippen LogP contribution in [0.5, 0.6) is 0 Å². The highest BCUT2D eigenvalue weighted by atomic mass is 32.2. The average Bonchev–Trinajstić information content (AvgIpc) is 2.43. The number of non-ortho nitro benzene ring substituents is 1. The number of carbonyl (C=O) groups is 1. The molecule has 0 saturated carbocycles. The second-order valence-electron chi connectivity index (χ2n) is 5.65. The van der Waals surface area contributed by atoms with Crippen molar-refractivity contribution in [3.8, 4) is 0 Å². The summed E-state index contributed by atoms with van der Waals surface area (Å²) in [6, 6.07) is 5.05. The number of carbonyl (C=O) groups excluding carboxylic acids is 1. The van der Waals surface area contributed by atoms with E-state index in [2.05, 4.69) is 5.32 Å². The summed E-state index contributed by atoms with van der Waals surface area (Å²) in [6.07, 6.45) is 0.949. The number of sulfonamides is 1. The minimum absolute atomic E-state index is 0.0778. The predicted molar refractivity (Wildman–Crippen MR) is 87.7 cm³/mol. The van der Waals surface area contributed by atoms with E-state index < -0.39 is 27.4 Å². The maximum atomic E-state index is 12.1. The Labute approximate surface area is 135 Å². The van der Waals surface area contributed by atoms with E-state index in [-0.39, 0.29) is 23.3 Å². The van der Waals surface area contributed by atoms with Crippen LogP contribution < -0.4 is 9.62 Å². The van der Waals surface area contributed by atoms with Crippen LogP contribution in [-0.4, -0.2) is 38.1 Å². The first-order valence-electron chi connectivity index (χ1n) is 7.04. The van der Waals surface area contributed by atoms with Gasteiger partial charge in [-0.2, -0.15) is 0 Å². The van der Waals surface area contributed by atoms with Gasteiger partial charge in [0, 0.05) is 18.2 Å². The zero-order chi connectivity index (χ0) is 17.8. The Hall–Kier alpha value is -2.16. The lowest BCUT2D eigenvalue weighted by Crippen LogP contribution is -2.44. The van der Waals surface area contributed by atoms with Crippen LogP contribution in [-0.2, 0) is 14.8 Å². The number of nitrogens with one attached hydrogen (secondary N) is 1. The molecule has 0 aromatic heterocycles. The van der Waals surface area contributed by atoms with Crippen molar-refractivity contribution in [2.75, 3.05) is 17.1 Å². The first kappa shape index (κ1) is 18.9. The number of hydrogen-bond acceptors (Lipinski definition) is 5. The molecule has 0 aliphatic heterocycles. The molecule has 23 heavy (non-hydrogen) atoms. The Morgan fingerprint density at radius 1 is 1.35 bits per heavy atom. The molecule has 0 fully saturated rings. The fraction of sp³-hybridized carbons (Fsp3) is 0.500. The summed E-state index contributed by atoms with van der Waals surface area (Å²) in [7, 11) is -3.76. The molecule has 0 aliphatic carbocycles. The van der Waals surface area contributed by atoms with Gasteiger partial charge in [0.25, 0.3) is 5.69 Å². The van der Waals surface area contributed by atoms with Crippen LogP contribution >= 0.6 is 0 Å². The van der Waals surface area contributed by atoms with Gasteiger partial charge in [-0.15, -0.1) is 0 Å². The van der Waals surface area contributed by atoms with Gasteiger partial charge in [0.1, 0.15) is 6.54 Å². The molecule has 1 amide bonds. The van der Waals surface area contributed by atoms with Crippen molar-refractivity contribution in [2.24, 2.45) is 5.92 Å². The molecule has 1 aromatic rings. The van der Waals surface area contributed by atoms with Crippen molar-refractivity contribution >= 4 is 27.3 Å². The first-order valence-corrected chi connectivity index (χ1v) is 8.88. The normalized spacial score (nSPS) is 12.7. The number of rotatable bonds is 7. The van der Waals surface area contributed by atoms with E-state index in [0.29, 0.717) is 0 Å². The summed E-state index contributed by atoms with van der Waals surface area (Å²) in [5, 5.41) is 13.5. The van der Waals surface area contributed by atoms with Crippen LogP contribution in [0.4, 0.5) is 11.4 Å². The molecule has 0 aliphatic rings. The molecule has 0 unspecified atom stereocenters. The largest absolute Gasteiger partial charge is 0.352 e. The Bertz CT molecular complexity index is 687. The fourth-order valence-corrected chi connectivity index (χ4v) is 2.61. The van der Waals surface area contributed by atoms with E-state index in [1.807, 2.05) is 20.8 Å². The number of benzene rings is 1. The molecule has 128 valence electrons. The van der Waals surface area contributed by atoms with Gasteiger partial charge in [0.15, 0.2) is 0 Å². The number of anilines is 1. The summed E-state index contributed by atoms with van der Waals surface area (Å²) >= 11 is 0. The molecule has 1 atom stereocenters. The Morgan fingerprint density at radius 2 is 1.96 bits per heavy atom. The molecule has 1 aromatic carbocycles. The van der Waals surface area contributed by atoms with E-state index in [0.717, 1.165) is 16.6 Å². The maximum absolute atomic E-state index is 12.1. The van der Waals surface area contributed by atoms with E-state index in [9.17, 15) is 23.3 Å². The average molecular weight is 343 g/mol. The minimum Gasteiger partial charge on any atom is -0.352 e. The second kappa shape index (κ2) is 7.40. The standard InChI is InChI=1S/C14H21N3O5S/c1-10(2)11(3)15-14(18)9-16(23(4,21)22)12-6-5-7-13(8-12)17(19)20/h5-8,10-11H,9H2,1-4H3,(H,15,18)/t11-/m1/s1. The van der Waals surface area contributed by atoms with E-state index in [1.165, 1.54) is 18.2 Å². The highest BCUT2D eigenvalue weighted by molar-refractivity contribution is 7.92. The van der Waals surface area contributed by atoms with Crippen LogP contribution in [0.25, 0.3) is 0 Å². The third-order valence-electron chi connectivity index (χ3n) is 3.40. The lowest BCUT2D eigenvalue weighted by Gasteiger charge is -2.24. The van der Waals surface area contributed by atoms with Gasteiger partial charge < -0.3 is 5.32 Å². The third-order valence-corrected chi connectivity index (χ3v) is 4.55. The van der Waals surface area contributed by atoms with Crippen LogP contribution in [0.15, 0.2) is 24.3 Å². The van der Waals surface area contributed by atoms with E-state index in [1.54, 1.807) is 0 Å². The second-order valence-corrected chi connectivity index (χ2v) is 7.55. The van der Waals surface area contributed by atoms with E-state index in [4.69, 9.17) is 0 Å². The lowest BCUT2D eigenvalue weighted by molar-refractivity contribution is -0.384. The lowest BCUT2D eigenvalue weighted by atomic mass is 10.1. The molecular weight excluding hydrogens is 322 g/mol. The molecule has 0 spiro atoms. The van der Waals surface area contributed by atoms with Gasteiger partial charge in [-0.05, 0) is 18.9 Å². The third kappa shape index (κ3) is 5.51. The molecule has 8 nitrogen and oxygen atoms in total. The predicted octanol–water partition coefficient (Wildman–Crippen LogP) is 1.52. The van der Waals surface area contributed by atoms with Crippen LogP contribution in [0, 0.1) is 16.0 Å². The molecule has 9 heteroatoms. The van der Waals surface area contributed by atoms with Crippen molar-refractivity contribution < 1.29 is 18.1 Å². The van der Waals surface area contributed by atoms with Crippen molar-refractivity contribution in [1.29, 1.82) is 0 Å². The highest BCUT2D eigenvalue weighted by Crippen LogP contribution is 2.22. The summed E-state index contributed by atoms with van der Waals surface area (Å²) in [4.78, 5) is 22.3. The van der Waals surface area contributed by atoms with Gasteiger partial charge in [-0.25, -0.2) is 8.42 Å². The van der Waals surface area contributed by atoms with Crippen molar-refractivity contribution in [2.45, 2.75) is 26.8 Å². The molecule has 0 heterocycles. The summed E-state index contributed by atoms with van der Waals surface area (Å²) in [5.74, 6) is -0.272. The zero-order valence-electron chi connectivity index (χ0n) is 13.5. The SMILES string of the molecule is CC(C)[C@@H](C)NC(=O)CN(c1cccc([N+](=O)[O-])c1)S(C)(=O)=O. The molecule has 0 saturated heterocycles. The smallest absolute Gasteiger partial charge is 0.271 e. The van der Waals surface area contributed by atoms with Crippen molar-refractivity contribution in [1.82, 2.24) is 5.32 Å². The molecule has 0 radical (unpaired) electrons. The van der Waals surface area contributed by atoms with Crippen molar-refractivity contribution in [3.05, 3.63) is 34.4 Å². The maximum Gasteiger partial charge on any atom is 0.271 e. The monoisotopic (exact) mass is 343 g/mol. The topological polar surface area (TPSA) is 110 Å². The first-order chi connectivity index (χ1) is 10.5.